The molecule has 0 aliphatic heterocycles. The van der Waals surface area contributed by atoms with Gasteiger partial charge >= 0.3 is 0 Å². The van der Waals surface area contributed by atoms with Crippen LogP contribution in [0.15, 0.2) is 0 Å². The van der Waals surface area contributed by atoms with Gasteiger partial charge in [-0.1, -0.05) is 0 Å². The Labute approximate surface area is 32.3 Å². The van der Waals surface area contributed by atoms with E-state index in [9.17, 15) is 0 Å². The van der Waals surface area contributed by atoms with Crippen molar-refractivity contribution >= 4 is 13.5 Å². The predicted octanol–water partition coefficient (Wildman–Crippen LogP) is -0.0747. The summed E-state index contributed by atoms with van der Waals surface area (Å²) in [6.07, 6.45) is 0. The third kappa shape index (κ3) is 63.8. The predicted molar refractivity (Wildman–Crippen MR) is 22.9 cm³/mol. The van der Waals surface area contributed by atoms with Gasteiger partial charge in [0.2, 0.25) is 0 Å². The van der Waals surface area contributed by atoms with Crippen LogP contribution < -0.4 is 12.3 Å². The first kappa shape index (κ1) is 834. The molecule has 0 saturated carbocycles. The summed E-state index contributed by atoms with van der Waals surface area (Å²) in [6, 6.07) is 0. The zero-order chi connectivity index (χ0) is 0. The van der Waals surface area contributed by atoms with Gasteiger partial charge in [0, 0.05) is 0 Å². The SMILES string of the molecule is O.[NH4+].[NH4+].[S-2]. The van der Waals surface area contributed by atoms with Gasteiger partial charge in [0.05, 0.1) is 0 Å². The summed E-state index contributed by atoms with van der Waals surface area (Å²) in [4.78, 5) is 0. The second-order valence-corrected chi connectivity index (χ2v) is 0. The molecule has 32 valence electrons. The van der Waals surface area contributed by atoms with Crippen LogP contribution in [0, 0.1) is 0 Å². The Morgan fingerprint density at radius 3 is 0.750 bits per heavy atom. The van der Waals surface area contributed by atoms with Crippen molar-refractivity contribution in [2.75, 3.05) is 0 Å². The number of rotatable bonds is 0. The average molecular weight is 86.2 g/mol. The average Bonchev–Trinajstić information content (AvgIpc) is 0. The molecular formula is H10N2OS. The lowest BCUT2D eigenvalue weighted by molar-refractivity contribution is 0.824. The molecule has 0 unspecified atom stereocenters. The van der Waals surface area contributed by atoms with Crippen molar-refractivity contribution in [3.63, 3.8) is 0 Å². The highest BCUT2D eigenvalue weighted by molar-refractivity contribution is 7.37. The molecule has 10 N–H and O–H groups in total. The maximum absolute atomic E-state index is 0. The van der Waals surface area contributed by atoms with Gasteiger partial charge in [-0.3, -0.25) is 0 Å². The highest BCUT2D eigenvalue weighted by Crippen LogP contribution is -0.00239. The second kappa shape index (κ2) is 304. The highest BCUT2D eigenvalue weighted by atomic mass is 32.1. The van der Waals surface area contributed by atoms with Crippen molar-refractivity contribution in [3.05, 3.63) is 0 Å². The molecule has 0 radical (unpaired) electrons. The van der Waals surface area contributed by atoms with E-state index in [1.165, 1.54) is 0 Å². The number of hydrogen-bond acceptors (Lipinski definition) is 0. The Morgan fingerprint density at radius 1 is 0.750 bits per heavy atom. The van der Waals surface area contributed by atoms with Gasteiger partial charge in [-0.15, -0.1) is 0 Å². The molecule has 0 fully saturated rings. The largest absolute Gasteiger partial charge is 2.00 e. The monoisotopic (exact) mass is 86.1 g/mol. The Morgan fingerprint density at radius 2 is 0.750 bits per heavy atom. The smallest absolute Gasteiger partial charge is 0.369 e. The van der Waals surface area contributed by atoms with E-state index in [1.54, 1.807) is 0 Å². The quantitative estimate of drug-likeness (QED) is 0.411. The van der Waals surface area contributed by atoms with E-state index in [1.807, 2.05) is 0 Å². The van der Waals surface area contributed by atoms with E-state index >= 15 is 0 Å². The van der Waals surface area contributed by atoms with E-state index in [2.05, 4.69) is 0 Å². The molecule has 0 atom stereocenters. The summed E-state index contributed by atoms with van der Waals surface area (Å²) >= 11 is 0. The normalized spacial score (nSPS) is 0. The second-order valence-electron chi connectivity index (χ2n) is 0. The summed E-state index contributed by atoms with van der Waals surface area (Å²) in [7, 11) is 0. The molecule has 0 amide bonds. The van der Waals surface area contributed by atoms with Gasteiger partial charge in [-0.05, 0) is 0 Å². The Bertz CT molecular complexity index is 6.00. The lowest BCUT2D eigenvalue weighted by Gasteiger charge is -2.00. The van der Waals surface area contributed by atoms with Crippen molar-refractivity contribution in [3.8, 4) is 0 Å². The van der Waals surface area contributed by atoms with E-state index in [4.69, 9.17) is 0 Å². The van der Waals surface area contributed by atoms with Gasteiger partial charge in [0.15, 0.2) is 0 Å². The minimum Gasteiger partial charge on any atom is -2.00 e. The lowest BCUT2D eigenvalue weighted by Crippen LogP contribution is -0.482. The third-order valence-corrected chi connectivity index (χ3v) is 0. The maximum atomic E-state index is 0. The molecular weight excluding hydrogens is 76.1 g/mol. The van der Waals surface area contributed by atoms with Gasteiger partial charge < -0.3 is 31.3 Å². The first-order valence-corrected chi connectivity index (χ1v) is 0. The minimum atomic E-state index is 0. The lowest BCUT2D eigenvalue weighted by atomic mass is 14.0. The first-order valence-electron chi connectivity index (χ1n) is 0. The van der Waals surface area contributed by atoms with Gasteiger partial charge in [0.1, 0.15) is 0 Å². The first-order chi connectivity index (χ1) is 0. The van der Waals surface area contributed by atoms with Crippen LogP contribution in [-0.2, 0) is 13.5 Å². The zero-order valence-electron chi connectivity index (χ0n) is 2.91. The van der Waals surface area contributed by atoms with Crippen LogP contribution in [-0.4, -0.2) is 5.48 Å². The van der Waals surface area contributed by atoms with Crippen LogP contribution in [0.2, 0.25) is 0 Å². The Kier molecular flexibility index (Phi) is 63300. The van der Waals surface area contributed by atoms with Crippen molar-refractivity contribution in [1.82, 2.24) is 12.3 Å². The molecule has 0 heterocycles. The summed E-state index contributed by atoms with van der Waals surface area (Å²) in [5.74, 6) is 0. The fourth-order valence-corrected chi connectivity index (χ4v) is 0. The summed E-state index contributed by atoms with van der Waals surface area (Å²) in [5, 5.41) is 0. The van der Waals surface area contributed by atoms with Crippen LogP contribution in [0.4, 0.5) is 0 Å². The Hall–Kier alpha value is 0.230. The van der Waals surface area contributed by atoms with E-state index < -0.39 is 0 Å². The minimum absolute atomic E-state index is 0. The summed E-state index contributed by atoms with van der Waals surface area (Å²) in [6.45, 7) is 0. The van der Waals surface area contributed by atoms with Crippen LogP contribution in [0.1, 0.15) is 0 Å². The fraction of sp³-hybridized carbons (Fsp3) is 0. The number of quaternary nitrogens is 2. The van der Waals surface area contributed by atoms with Crippen LogP contribution in [0.25, 0.3) is 0 Å². The third-order valence-electron chi connectivity index (χ3n) is 0. The Balaban J connectivity index is 0. The topological polar surface area (TPSA) is 104 Å². The summed E-state index contributed by atoms with van der Waals surface area (Å²) < 4.78 is 0. The molecule has 0 saturated heterocycles. The number of hydrogen-bond donors (Lipinski definition) is 2. The molecule has 0 aromatic rings. The highest BCUT2D eigenvalue weighted by Gasteiger charge is -0.368. The standard InChI is InChI=1S/2H3N.H2O.S/h2*1H3;1H2;/q;;;-2/p+2. The molecule has 3 nitrogen and oxygen atoms in total. The molecule has 0 aromatic carbocycles. The molecule has 0 bridgehead atoms. The van der Waals surface area contributed by atoms with Gasteiger partial charge in [-0.25, -0.2) is 0 Å². The van der Waals surface area contributed by atoms with Crippen molar-refractivity contribution < 1.29 is 5.48 Å². The maximum Gasteiger partial charge on any atom is -0.369 e. The molecule has 0 spiro atoms. The molecule has 0 rings (SSSR count). The zero-order valence-corrected chi connectivity index (χ0v) is 3.72. The van der Waals surface area contributed by atoms with E-state index in [-0.39, 0.29) is 31.3 Å². The van der Waals surface area contributed by atoms with Gasteiger partial charge in [-0.2, -0.15) is 0 Å². The molecule has 0 aliphatic carbocycles. The molecule has 4 heteroatoms. The van der Waals surface area contributed by atoms with Crippen molar-refractivity contribution in [1.29, 1.82) is 0 Å². The van der Waals surface area contributed by atoms with Crippen molar-refractivity contribution in [2.45, 2.75) is 0 Å². The van der Waals surface area contributed by atoms with E-state index in [0.717, 1.165) is 0 Å². The van der Waals surface area contributed by atoms with Crippen LogP contribution in [0.3, 0.4) is 0 Å². The molecule has 0 aromatic heterocycles. The summed E-state index contributed by atoms with van der Waals surface area (Å²) in [5.41, 5.74) is 0. The fourth-order valence-electron chi connectivity index (χ4n) is 0. The van der Waals surface area contributed by atoms with Crippen molar-refractivity contribution in [2.24, 2.45) is 0 Å². The molecule has 0 aliphatic rings. The van der Waals surface area contributed by atoms with Crippen LogP contribution in [0.5, 0.6) is 0 Å². The van der Waals surface area contributed by atoms with E-state index in [0.29, 0.717) is 0 Å². The van der Waals surface area contributed by atoms with Gasteiger partial charge in [0.25, 0.3) is 0 Å². The van der Waals surface area contributed by atoms with Crippen LogP contribution >= 0.6 is 0 Å². The molecule has 4 heavy (non-hydrogen) atoms.